The van der Waals surface area contributed by atoms with Crippen molar-refractivity contribution >= 4 is 5.69 Å². The van der Waals surface area contributed by atoms with Crippen molar-refractivity contribution in [3.05, 3.63) is 47.8 Å². The Morgan fingerprint density at radius 1 is 1.04 bits per heavy atom. The van der Waals surface area contributed by atoms with E-state index >= 15 is 0 Å². The van der Waals surface area contributed by atoms with Gasteiger partial charge >= 0.3 is 0 Å². The quantitative estimate of drug-likeness (QED) is 0.681. The van der Waals surface area contributed by atoms with E-state index in [0.717, 1.165) is 35.7 Å². The zero-order valence-electron chi connectivity index (χ0n) is 17.4. The third-order valence-electron chi connectivity index (χ3n) is 5.27. The lowest BCUT2D eigenvalue weighted by molar-refractivity contribution is 0.178. The summed E-state index contributed by atoms with van der Waals surface area (Å²) >= 11 is 0. The van der Waals surface area contributed by atoms with Crippen LogP contribution in [-0.4, -0.2) is 31.3 Å². The van der Waals surface area contributed by atoms with Gasteiger partial charge in [-0.05, 0) is 69.2 Å². The number of aromatic nitrogens is 1. The zero-order valence-corrected chi connectivity index (χ0v) is 17.4. The molecule has 1 N–H and O–H groups in total. The molecule has 0 aliphatic heterocycles. The third-order valence-corrected chi connectivity index (χ3v) is 5.27. The van der Waals surface area contributed by atoms with Gasteiger partial charge in [0.1, 0.15) is 11.4 Å². The summed E-state index contributed by atoms with van der Waals surface area (Å²) in [6.07, 6.45) is 6.66. The number of nitrogens with zero attached hydrogens (tertiary/aromatic N) is 1. The molecule has 0 spiro atoms. The van der Waals surface area contributed by atoms with Crippen LogP contribution in [0.3, 0.4) is 0 Å². The number of ether oxygens (including phenoxy) is 3. The molecule has 5 nitrogen and oxygen atoms in total. The summed E-state index contributed by atoms with van der Waals surface area (Å²) in [7, 11) is 3.36. The number of hydrogen-bond acceptors (Lipinski definition) is 5. The van der Waals surface area contributed by atoms with Crippen LogP contribution in [0.2, 0.25) is 0 Å². The molecule has 1 aromatic heterocycles. The van der Waals surface area contributed by atoms with Gasteiger partial charge in [-0.15, -0.1) is 0 Å². The molecule has 1 heterocycles. The van der Waals surface area contributed by atoms with Crippen molar-refractivity contribution in [2.24, 2.45) is 0 Å². The predicted octanol–water partition coefficient (Wildman–Crippen LogP) is 5.16. The molecule has 0 atom stereocenters. The highest BCUT2D eigenvalue weighted by atomic mass is 16.5. The normalized spacial score (nSPS) is 19.5. The van der Waals surface area contributed by atoms with Gasteiger partial charge < -0.3 is 19.5 Å². The lowest BCUT2D eigenvalue weighted by Crippen LogP contribution is -2.25. The minimum atomic E-state index is 0.210. The molecule has 1 aliphatic carbocycles. The van der Waals surface area contributed by atoms with E-state index in [0.29, 0.717) is 18.6 Å². The number of anilines is 1. The number of hydrogen-bond donors (Lipinski definition) is 1. The molecule has 0 unspecified atom stereocenters. The third kappa shape index (κ3) is 5.16. The topological polar surface area (TPSA) is 52.6 Å². The number of nitrogens with one attached hydrogen (secondary N) is 1. The first-order chi connectivity index (χ1) is 13.6. The molecule has 0 amide bonds. The fourth-order valence-electron chi connectivity index (χ4n) is 3.95. The summed E-state index contributed by atoms with van der Waals surface area (Å²) in [5, 5.41) is 3.66. The number of benzene rings is 1. The lowest BCUT2D eigenvalue weighted by Gasteiger charge is -2.30. The van der Waals surface area contributed by atoms with Gasteiger partial charge in [0.15, 0.2) is 5.75 Å². The lowest BCUT2D eigenvalue weighted by atomic mass is 9.81. The number of rotatable bonds is 8. The molecular formula is C23H32N2O3. The molecule has 0 radical (unpaired) electrons. The smallest absolute Gasteiger partial charge is 0.165 e. The second-order valence-corrected chi connectivity index (χ2v) is 7.70. The molecule has 152 valence electrons. The summed E-state index contributed by atoms with van der Waals surface area (Å²) in [5.41, 5.74) is 3.24. The molecule has 3 rings (SSSR count). The van der Waals surface area contributed by atoms with E-state index < -0.39 is 0 Å². The molecule has 0 saturated heterocycles. The van der Waals surface area contributed by atoms with Gasteiger partial charge in [-0.3, -0.25) is 4.98 Å². The van der Waals surface area contributed by atoms with Crippen molar-refractivity contribution in [1.29, 1.82) is 0 Å². The number of methoxy groups -OCH3 is 2. The maximum Gasteiger partial charge on any atom is 0.165 e. The predicted molar refractivity (Wildman–Crippen MR) is 112 cm³/mol. The Morgan fingerprint density at radius 2 is 1.75 bits per heavy atom. The van der Waals surface area contributed by atoms with Crippen LogP contribution >= 0.6 is 0 Å². The van der Waals surface area contributed by atoms with Crippen molar-refractivity contribution in [1.82, 2.24) is 4.98 Å². The first-order valence-corrected chi connectivity index (χ1v) is 10.1. The van der Waals surface area contributed by atoms with Crippen LogP contribution in [0.15, 0.2) is 36.5 Å². The second kappa shape index (κ2) is 9.78. The first-order valence-electron chi connectivity index (χ1n) is 10.1. The van der Waals surface area contributed by atoms with Crippen LogP contribution in [0.1, 0.15) is 56.7 Å². The standard InChI is InChI=1S/C23H32N2O3/c1-16(2)28-20-11-7-18(8-12-20)17-5-9-19(10-6-17)25-21-13-14-24-22(15-26-3)23(21)27-4/h7-8,11-14,16-17,19H,5-6,9-10,15H2,1-4H3,(H,24,25). The van der Waals surface area contributed by atoms with Gasteiger partial charge in [-0.1, -0.05) is 12.1 Å². The van der Waals surface area contributed by atoms with Crippen LogP contribution in [0, 0.1) is 0 Å². The first kappa shape index (κ1) is 20.5. The summed E-state index contributed by atoms with van der Waals surface area (Å²) in [6.45, 7) is 4.55. The molecule has 1 aromatic carbocycles. The Balaban J connectivity index is 1.58. The monoisotopic (exact) mass is 384 g/mol. The Hall–Kier alpha value is -2.27. The van der Waals surface area contributed by atoms with Gasteiger partial charge in [-0.25, -0.2) is 0 Å². The Morgan fingerprint density at radius 3 is 2.36 bits per heavy atom. The highest BCUT2D eigenvalue weighted by Crippen LogP contribution is 2.36. The Kier molecular flexibility index (Phi) is 7.15. The van der Waals surface area contributed by atoms with Crippen molar-refractivity contribution in [3.63, 3.8) is 0 Å². The van der Waals surface area contributed by atoms with Gasteiger partial charge in [0.25, 0.3) is 0 Å². The van der Waals surface area contributed by atoms with E-state index in [9.17, 15) is 0 Å². The molecule has 1 fully saturated rings. The van der Waals surface area contributed by atoms with Crippen molar-refractivity contribution in [2.45, 2.75) is 64.2 Å². The summed E-state index contributed by atoms with van der Waals surface area (Å²) in [5.74, 6) is 2.35. The molecule has 1 saturated carbocycles. The van der Waals surface area contributed by atoms with Crippen molar-refractivity contribution in [2.75, 3.05) is 19.5 Å². The van der Waals surface area contributed by atoms with Crippen LogP contribution < -0.4 is 14.8 Å². The molecule has 2 aromatic rings. The maximum atomic E-state index is 5.75. The van der Waals surface area contributed by atoms with Gasteiger partial charge in [0, 0.05) is 19.3 Å². The second-order valence-electron chi connectivity index (χ2n) is 7.70. The van der Waals surface area contributed by atoms with Crippen LogP contribution in [0.25, 0.3) is 0 Å². The fraction of sp³-hybridized carbons (Fsp3) is 0.522. The summed E-state index contributed by atoms with van der Waals surface area (Å²) in [6, 6.07) is 11.1. The van der Waals surface area contributed by atoms with E-state index in [1.54, 1.807) is 14.2 Å². The minimum Gasteiger partial charge on any atom is -0.493 e. The average Bonchev–Trinajstić information content (AvgIpc) is 2.69. The van der Waals surface area contributed by atoms with Crippen LogP contribution in [-0.2, 0) is 11.3 Å². The van der Waals surface area contributed by atoms with Crippen LogP contribution in [0.5, 0.6) is 11.5 Å². The van der Waals surface area contributed by atoms with E-state index in [4.69, 9.17) is 14.2 Å². The van der Waals surface area contributed by atoms with Gasteiger partial charge in [-0.2, -0.15) is 0 Å². The van der Waals surface area contributed by atoms with Gasteiger partial charge in [0.2, 0.25) is 0 Å². The maximum absolute atomic E-state index is 5.75. The average molecular weight is 385 g/mol. The van der Waals surface area contributed by atoms with E-state index in [1.165, 1.54) is 18.4 Å². The molecule has 5 heteroatoms. The highest BCUT2D eigenvalue weighted by molar-refractivity contribution is 5.58. The highest BCUT2D eigenvalue weighted by Gasteiger charge is 2.23. The summed E-state index contributed by atoms with van der Waals surface area (Å²) < 4.78 is 16.6. The Bertz CT molecular complexity index is 738. The molecule has 1 aliphatic rings. The molecule has 0 bridgehead atoms. The summed E-state index contributed by atoms with van der Waals surface area (Å²) in [4.78, 5) is 4.37. The fourth-order valence-corrected chi connectivity index (χ4v) is 3.95. The van der Waals surface area contributed by atoms with Crippen molar-refractivity contribution in [3.8, 4) is 11.5 Å². The molecule has 28 heavy (non-hydrogen) atoms. The van der Waals surface area contributed by atoms with E-state index in [-0.39, 0.29) is 6.10 Å². The SMILES string of the molecule is COCc1nccc(NC2CCC(c3ccc(OC(C)C)cc3)CC2)c1OC. The van der Waals surface area contributed by atoms with E-state index in [2.05, 4.69) is 48.4 Å². The molecular weight excluding hydrogens is 352 g/mol. The van der Waals surface area contributed by atoms with Gasteiger partial charge in [0.05, 0.1) is 25.5 Å². The van der Waals surface area contributed by atoms with Crippen LogP contribution in [0.4, 0.5) is 5.69 Å². The Labute approximate surface area is 168 Å². The zero-order chi connectivity index (χ0) is 19.9. The van der Waals surface area contributed by atoms with E-state index in [1.807, 2.05) is 12.3 Å². The largest absolute Gasteiger partial charge is 0.493 e. The minimum absolute atomic E-state index is 0.210. The number of pyridine rings is 1. The van der Waals surface area contributed by atoms with Crippen molar-refractivity contribution < 1.29 is 14.2 Å².